The van der Waals surface area contributed by atoms with Gasteiger partial charge in [0.2, 0.25) is 5.91 Å². The monoisotopic (exact) mass is 611 g/mol. The summed E-state index contributed by atoms with van der Waals surface area (Å²) < 4.78 is 38.0. The van der Waals surface area contributed by atoms with Crippen LogP contribution in [-0.2, 0) is 21.1 Å². The number of aryl methyl sites for hydroxylation is 1. The van der Waals surface area contributed by atoms with Crippen molar-refractivity contribution in [2.75, 3.05) is 17.3 Å². The molecule has 6 aromatic rings. The molecule has 0 aliphatic carbocycles. The van der Waals surface area contributed by atoms with Crippen molar-refractivity contribution in [1.82, 2.24) is 30.1 Å². The number of carbonyl (C=O) groups excluding carboxylic acids is 1. The molecule has 1 amide bonds. The fourth-order valence-corrected chi connectivity index (χ4v) is 5.47. The molecule has 3 N–H and O–H groups in total. The number of aromatic amines is 2. The Bertz CT molecular complexity index is 2160. The van der Waals surface area contributed by atoms with Crippen LogP contribution in [0.5, 0.6) is 0 Å². The van der Waals surface area contributed by atoms with Crippen LogP contribution in [-0.4, -0.2) is 56.5 Å². The Labute approximate surface area is 253 Å². The number of carbonyl (C=O) groups is 1. The number of pyridine rings is 3. The van der Waals surface area contributed by atoms with Gasteiger partial charge in [-0.3, -0.25) is 19.9 Å². The van der Waals surface area contributed by atoms with Crippen molar-refractivity contribution in [1.29, 1.82) is 0 Å². The summed E-state index contributed by atoms with van der Waals surface area (Å²) in [5.74, 6) is -0.658. The summed E-state index contributed by atoms with van der Waals surface area (Å²) in [6.07, 6.45) is 6.28. The summed E-state index contributed by atoms with van der Waals surface area (Å²) in [4.78, 5) is 29.6. The molecule has 0 saturated carbocycles. The first-order chi connectivity index (χ1) is 20.8. The van der Waals surface area contributed by atoms with Gasteiger partial charge in [0.15, 0.2) is 0 Å². The molecule has 0 atom stereocenters. The van der Waals surface area contributed by atoms with Gasteiger partial charge in [-0.05, 0) is 60.5 Å². The Morgan fingerprint density at radius 2 is 1.80 bits per heavy atom. The SMILES string of the molecule is CC(C)(C)C(=O)Nc1cncc(-c2ccc3[nH]nc(-c4cc5c(-c6cc(F)cc(CCS(C)(=O)=O)c6)nccc5[nH]4)c3n2)c1. The lowest BCUT2D eigenvalue weighted by atomic mass is 9.95. The summed E-state index contributed by atoms with van der Waals surface area (Å²) in [5.41, 5.74) is 6.47. The second kappa shape index (κ2) is 10.9. The number of fused-ring (bicyclic) bond motifs is 2. The van der Waals surface area contributed by atoms with Crippen LogP contribution in [0.4, 0.5) is 10.1 Å². The number of halogens is 1. The van der Waals surface area contributed by atoms with Gasteiger partial charge in [0, 0.05) is 46.1 Å². The minimum absolute atomic E-state index is 0.0744. The molecule has 0 aliphatic heterocycles. The zero-order valence-electron chi connectivity index (χ0n) is 24.6. The number of hydrogen-bond donors (Lipinski definition) is 3. The van der Waals surface area contributed by atoms with Crippen LogP contribution < -0.4 is 5.32 Å². The summed E-state index contributed by atoms with van der Waals surface area (Å²) in [6.45, 7) is 5.53. The van der Waals surface area contributed by atoms with E-state index in [1.165, 1.54) is 12.1 Å². The number of aromatic nitrogens is 6. The van der Waals surface area contributed by atoms with Gasteiger partial charge in [0.1, 0.15) is 26.9 Å². The Morgan fingerprint density at radius 1 is 0.977 bits per heavy atom. The van der Waals surface area contributed by atoms with E-state index in [4.69, 9.17) is 4.98 Å². The van der Waals surface area contributed by atoms with Crippen molar-refractivity contribution in [2.24, 2.45) is 5.41 Å². The smallest absolute Gasteiger partial charge is 0.229 e. The second-order valence-electron chi connectivity index (χ2n) is 11.9. The molecule has 5 aromatic heterocycles. The Morgan fingerprint density at radius 3 is 2.57 bits per heavy atom. The first-order valence-corrected chi connectivity index (χ1v) is 16.0. The Kier molecular flexibility index (Phi) is 7.24. The second-order valence-corrected chi connectivity index (χ2v) is 14.1. The topological polar surface area (TPSA) is 146 Å². The Balaban J connectivity index is 1.37. The lowest BCUT2D eigenvalue weighted by Gasteiger charge is -2.17. The van der Waals surface area contributed by atoms with E-state index in [2.05, 4.69) is 30.5 Å². The standard InChI is InChI=1S/C32H30FN7O3S/c1-32(2,3)31(41)36-22-14-20(16-34-17-22)24-5-6-26-29(38-24)30(40-39-26)27-15-23-25(37-27)7-9-35-28(23)19-11-18(12-21(33)13-19)8-10-44(4,42)43/h5-7,9,11-17,37H,8,10H2,1-4H3,(H,36,41)(H,39,40). The lowest BCUT2D eigenvalue weighted by Crippen LogP contribution is -2.27. The van der Waals surface area contributed by atoms with Crippen LogP contribution in [0.2, 0.25) is 0 Å². The van der Waals surface area contributed by atoms with Crippen LogP contribution in [0.1, 0.15) is 26.3 Å². The number of nitrogens with zero attached hydrogens (tertiary/aromatic N) is 4. The largest absolute Gasteiger partial charge is 0.353 e. The van der Waals surface area contributed by atoms with Gasteiger partial charge in [-0.2, -0.15) is 5.10 Å². The van der Waals surface area contributed by atoms with Crippen LogP contribution in [0.25, 0.3) is 55.8 Å². The maximum atomic E-state index is 14.6. The van der Waals surface area contributed by atoms with Crippen LogP contribution >= 0.6 is 0 Å². The van der Waals surface area contributed by atoms with Crippen molar-refractivity contribution in [3.05, 3.63) is 78.5 Å². The summed E-state index contributed by atoms with van der Waals surface area (Å²) >= 11 is 0. The fourth-order valence-electron chi connectivity index (χ4n) is 4.86. The molecule has 0 saturated heterocycles. The normalized spacial score (nSPS) is 12.2. The van der Waals surface area contributed by atoms with E-state index in [1.807, 2.05) is 51.1 Å². The van der Waals surface area contributed by atoms with E-state index >= 15 is 0 Å². The molecule has 224 valence electrons. The summed E-state index contributed by atoms with van der Waals surface area (Å²) in [7, 11) is -3.20. The molecule has 0 aliphatic rings. The molecule has 1 aromatic carbocycles. The van der Waals surface area contributed by atoms with Gasteiger partial charge in [0.05, 0.1) is 40.2 Å². The third-order valence-corrected chi connectivity index (χ3v) is 8.12. The average molecular weight is 612 g/mol. The van der Waals surface area contributed by atoms with Gasteiger partial charge in [0.25, 0.3) is 0 Å². The van der Waals surface area contributed by atoms with Crippen LogP contribution in [0.15, 0.2) is 67.1 Å². The molecular weight excluding hydrogens is 581 g/mol. The van der Waals surface area contributed by atoms with Crippen molar-refractivity contribution in [3.8, 4) is 33.9 Å². The summed E-state index contributed by atoms with van der Waals surface area (Å²) in [6, 6.07) is 13.8. The number of H-pyrrole nitrogens is 2. The zero-order valence-corrected chi connectivity index (χ0v) is 25.4. The van der Waals surface area contributed by atoms with Crippen molar-refractivity contribution >= 4 is 43.4 Å². The zero-order chi connectivity index (χ0) is 31.2. The van der Waals surface area contributed by atoms with Crippen molar-refractivity contribution < 1.29 is 17.6 Å². The van der Waals surface area contributed by atoms with E-state index in [-0.39, 0.29) is 18.1 Å². The number of sulfone groups is 1. The predicted octanol–water partition coefficient (Wildman–Crippen LogP) is 5.94. The first kappa shape index (κ1) is 29.1. The van der Waals surface area contributed by atoms with Gasteiger partial charge in [-0.15, -0.1) is 0 Å². The molecule has 0 bridgehead atoms. The number of rotatable bonds is 7. The summed E-state index contributed by atoms with van der Waals surface area (Å²) in [5, 5.41) is 11.2. The maximum absolute atomic E-state index is 14.6. The van der Waals surface area contributed by atoms with Gasteiger partial charge >= 0.3 is 0 Å². The van der Waals surface area contributed by atoms with Gasteiger partial charge in [-0.25, -0.2) is 17.8 Å². The lowest BCUT2D eigenvalue weighted by molar-refractivity contribution is -0.123. The molecule has 0 spiro atoms. The fraction of sp³-hybridized carbons (Fsp3) is 0.219. The first-order valence-electron chi connectivity index (χ1n) is 13.9. The van der Waals surface area contributed by atoms with Gasteiger partial charge in [-0.1, -0.05) is 20.8 Å². The van der Waals surface area contributed by atoms with Gasteiger partial charge < -0.3 is 10.3 Å². The highest BCUT2D eigenvalue weighted by atomic mass is 32.2. The highest BCUT2D eigenvalue weighted by molar-refractivity contribution is 7.90. The molecule has 0 radical (unpaired) electrons. The van der Waals surface area contributed by atoms with E-state index in [0.29, 0.717) is 45.1 Å². The van der Waals surface area contributed by atoms with Crippen LogP contribution in [0.3, 0.4) is 0 Å². The predicted molar refractivity (Wildman–Crippen MR) is 169 cm³/mol. The van der Waals surface area contributed by atoms with E-state index < -0.39 is 21.1 Å². The minimum Gasteiger partial charge on any atom is -0.353 e. The molecule has 0 fully saturated rings. The van der Waals surface area contributed by atoms with Crippen molar-refractivity contribution in [3.63, 3.8) is 0 Å². The third-order valence-electron chi connectivity index (χ3n) is 7.18. The third kappa shape index (κ3) is 6.06. The molecule has 6 rings (SSSR count). The Hall–Kier alpha value is -4.97. The number of hydrogen-bond acceptors (Lipinski definition) is 7. The van der Waals surface area contributed by atoms with E-state index in [9.17, 15) is 17.6 Å². The average Bonchev–Trinajstić information content (AvgIpc) is 3.59. The number of benzene rings is 1. The molecule has 12 heteroatoms. The van der Waals surface area contributed by atoms with E-state index in [0.717, 1.165) is 28.2 Å². The van der Waals surface area contributed by atoms with E-state index in [1.54, 1.807) is 24.7 Å². The molecular formula is C32H30FN7O3S. The molecule has 10 nitrogen and oxygen atoms in total. The molecule has 5 heterocycles. The number of amides is 1. The van der Waals surface area contributed by atoms with Crippen molar-refractivity contribution in [2.45, 2.75) is 27.2 Å². The quantitative estimate of drug-likeness (QED) is 0.202. The highest BCUT2D eigenvalue weighted by Gasteiger charge is 2.22. The molecule has 44 heavy (non-hydrogen) atoms. The minimum atomic E-state index is -3.20. The highest BCUT2D eigenvalue weighted by Crippen LogP contribution is 2.34. The molecule has 0 unspecified atom stereocenters. The van der Waals surface area contributed by atoms with Crippen LogP contribution in [0, 0.1) is 11.2 Å². The number of anilines is 1. The number of nitrogens with one attached hydrogen (secondary N) is 3. The maximum Gasteiger partial charge on any atom is 0.229 e.